The first-order valence-corrected chi connectivity index (χ1v) is 13.3. The molecule has 0 saturated carbocycles. The number of anilines is 1. The van der Waals surface area contributed by atoms with Crippen molar-refractivity contribution in [2.75, 3.05) is 25.5 Å². The van der Waals surface area contributed by atoms with Gasteiger partial charge < -0.3 is 19.4 Å². The number of benzene rings is 2. The Kier molecular flexibility index (Phi) is 8.35. The van der Waals surface area contributed by atoms with Crippen LogP contribution >= 0.6 is 15.9 Å². The van der Waals surface area contributed by atoms with Crippen LogP contribution in [0.15, 0.2) is 69.8 Å². The predicted molar refractivity (Wildman–Crippen MR) is 153 cm³/mol. The van der Waals surface area contributed by atoms with E-state index >= 15 is 0 Å². The summed E-state index contributed by atoms with van der Waals surface area (Å²) in [5, 5.41) is 4.06. The van der Waals surface area contributed by atoms with Crippen molar-refractivity contribution in [2.24, 2.45) is 0 Å². The fraction of sp³-hybridized carbons (Fsp3) is 0.333. The van der Waals surface area contributed by atoms with E-state index in [1.54, 1.807) is 18.3 Å². The van der Waals surface area contributed by atoms with Crippen LogP contribution in [0.5, 0.6) is 5.75 Å². The van der Waals surface area contributed by atoms with Crippen LogP contribution in [0.2, 0.25) is 0 Å². The number of fused-ring (bicyclic) bond motifs is 1. The number of nitrogens with one attached hydrogen (secondary N) is 1. The minimum Gasteiger partial charge on any atom is -0.488 e. The molecule has 0 spiro atoms. The molecule has 1 amide bonds. The Morgan fingerprint density at radius 2 is 1.89 bits per heavy atom. The third-order valence-electron chi connectivity index (χ3n) is 6.12. The van der Waals surface area contributed by atoms with Gasteiger partial charge >= 0.3 is 0 Å². The molecule has 0 atom stereocenters. The third-order valence-corrected chi connectivity index (χ3v) is 6.89. The molecule has 2 aromatic carbocycles. The highest BCUT2D eigenvalue weighted by Gasteiger charge is 2.16. The number of nitrogens with zero attached hydrogens (tertiary/aromatic N) is 2. The van der Waals surface area contributed by atoms with Gasteiger partial charge in [-0.05, 0) is 95.6 Å². The fourth-order valence-electron chi connectivity index (χ4n) is 4.24. The van der Waals surface area contributed by atoms with Crippen molar-refractivity contribution < 1.29 is 13.9 Å². The van der Waals surface area contributed by atoms with Crippen molar-refractivity contribution in [3.8, 4) is 5.75 Å². The standard InChI is InChI=1S/C30H34BrN3O3/c1-20-25(13-16-34(5)15-12-22-19-32-14-11-27(22)31)26-18-23(9-10-28(26)36-20)33-29(35)21-7-6-8-24(17-21)37-30(2,3)4/h6-11,14,17-19H,12-13,15-16H2,1-5H3,(H,33,35). The van der Waals surface area contributed by atoms with Crippen LogP contribution < -0.4 is 10.1 Å². The van der Waals surface area contributed by atoms with Gasteiger partial charge in [-0.15, -0.1) is 0 Å². The molecular weight excluding hydrogens is 530 g/mol. The summed E-state index contributed by atoms with van der Waals surface area (Å²) in [6.45, 7) is 9.77. The minimum atomic E-state index is -0.334. The number of hydrogen-bond donors (Lipinski definition) is 1. The highest BCUT2D eigenvalue weighted by molar-refractivity contribution is 9.10. The number of likely N-dealkylation sites (N-methyl/N-ethyl adjacent to an activating group) is 1. The molecule has 0 radical (unpaired) electrons. The molecule has 0 saturated heterocycles. The largest absolute Gasteiger partial charge is 0.488 e. The first-order chi connectivity index (χ1) is 17.6. The molecule has 0 aliphatic heterocycles. The number of furan rings is 1. The van der Waals surface area contributed by atoms with Crippen molar-refractivity contribution in [1.29, 1.82) is 0 Å². The van der Waals surface area contributed by atoms with Crippen molar-refractivity contribution in [3.63, 3.8) is 0 Å². The van der Waals surface area contributed by atoms with E-state index in [2.05, 4.69) is 38.2 Å². The second-order valence-electron chi connectivity index (χ2n) is 10.3. The lowest BCUT2D eigenvalue weighted by molar-refractivity contribution is 0.102. The molecule has 2 heterocycles. The van der Waals surface area contributed by atoms with E-state index in [-0.39, 0.29) is 11.5 Å². The van der Waals surface area contributed by atoms with E-state index in [4.69, 9.17) is 9.15 Å². The second-order valence-corrected chi connectivity index (χ2v) is 11.2. The lowest BCUT2D eigenvalue weighted by atomic mass is 10.1. The van der Waals surface area contributed by atoms with Gasteiger partial charge in [0.25, 0.3) is 5.91 Å². The number of carbonyl (C=O) groups is 1. The SMILES string of the molecule is Cc1oc2ccc(NC(=O)c3cccc(OC(C)(C)C)c3)cc2c1CCN(C)CCc1cnccc1Br. The molecule has 37 heavy (non-hydrogen) atoms. The van der Waals surface area contributed by atoms with Crippen molar-refractivity contribution >= 4 is 38.5 Å². The molecule has 0 aliphatic rings. The Labute approximate surface area is 227 Å². The van der Waals surface area contributed by atoms with Crippen LogP contribution in [-0.2, 0) is 12.8 Å². The van der Waals surface area contributed by atoms with Gasteiger partial charge in [-0.2, -0.15) is 0 Å². The summed E-state index contributed by atoms with van der Waals surface area (Å²) in [5.41, 5.74) is 4.15. The topological polar surface area (TPSA) is 67.6 Å². The van der Waals surface area contributed by atoms with E-state index in [0.29, 0.717) is 11.3 Å². The number of pyridine rings is 1. The normalized spacial score (nSPS) is 11.8. The molecular formula is C30H34BrN3O3. The minimum absolute atomic E-state index is 0.179. The molecule has 0 fully saturated rings. The fourth-order valence-corrected chi connectivity index (χ4v) is 4.66. The van der Waals surface area contributed by atoms with E-state index in [1.165, 1.54) is 11.1 Å². The summed E-state index contributed by atoms with van der Waals surface area (Å²) < 4.78 is 13.0. The average Bonchev–Trinajstić information content (AvgIpc) is 3.15. The first-order valence-electron chi connectivity index (χ1n) is 12.5. The Balaban J connectivity index is 1.43. The molecule has 7 heteroatoms. The zero-order chi connectivity index (χ0) is 26.6. The first kappa shape index (κ1) is 26.9. The van der Waals surface area contributed by atoms with Gasteiger partial charge in [0.15, 0.2) is 0 Å². The summed E-state index contributed by atoms with van der Waals surface area (Å²) in [6.07, 6.45) is 5.48. The van der Waals surface area contributed by atoms with E-state index in [0.717, 1.165) is 52.8 Å². The number of ether oxygens (including phenoxy) is 1. The smallest absolute Gasteiger partial charge is 0.255 e. The molecule has 0 aliphatic carbocycles. The highest BCUT2D eigenvalue weighted by atomic mass is 79.9. The summed E-state index contributed by atoms with van der Waals surface area (Å²) in [7, 11) is 2.13. The van der Waals surface area contributed by atoms with Crippen LogP contribution in [0.4, 0.5) is 5.69 Å². The molecule has 194 valence electrons. The maximum atomic E-state index is 13.0. The lowest BCUT2D eigenvalue weighted by Crippen LogP contribution is -2.24. The van der Waals surface area contributed by atoms with Gasteiger partial charge in [-0.25, -0.2) is 0 Å². The Morgan fingerprint density at radius 1 is 1.11 bits per heavy atom. The monoisotopic (exact) mass is 563 g/mol. The number of hydrogen-bond acceptors (Lipinski definition) is 5. The molecule has 2 aromatic heterocycles. The third kappa shape index (κ3) is 7.21. The molecule has 0 unspecified atom stereocenters. The van der Waals surface area contributed by atoms with Crippen LogP contribution in [0, 0.1) is 6.92 Å². The maximum absolute atomic E-state index is 13.0. The quantitative estimate of drug-likeness (QED) is 0.236. The van der Waals surface area contributed by atoms with E-state index < -0.39 is 0 Å². The van der Waals surface area contributed by atoms with Crippen molar-refractivity contribution in [2.45, 2.75) is 46.1 Å². The summed E-state index contributed by atoms with van der Waals surface area (Å²) in [5.74, 6) is 1.40. The number of halogens is 1. The number of carbonyl (C=O) groups excluding carboxylic acids is 1. The van der Waals surface area contributed by atoms with Gasteiger partial charge in [0.2, 0.25) is 0 Å². The molecule has 6 nitrogen and oxygen atoms in total. The van der Waals surface area contributed by atoms with Gasteiger partial charge in [0.05, 0.1) is 0 Å². The maximum Gasteiger partial charge on any atom is 0.255 e. The molecule has 1 N–H and O–H groups in total. The molecule has 4 rings (SSSR count). The van der Waals surface area contributed by atoms with E-state index in [1.807, 2.05) is 70.3 Å². The van der Waals surface area contributed by atoms with Crippen LogP contribution in [0.25, 0.3) is 11.0 Å². The highest BCUT2D eigenvalue weighted by Crippen LogP contribution is 2.29. The van der Waals surface area contributed by atoms with Crippen molar-refractivity contribution in [1.82, 2.24) is 9.88 Å². The summed E-state index contributed by atoms with van der Waals surface area (Å²) >= 11 is 3.60. The lowest BCUT2D eigenvalue weighted by Gasteiger charge is -2.21. The predicted octanol–water partition coefficient (Wildman–Crippen LogP) is 7.05. The molecule has 0 bridgehead atoms. The second kappa shape index (κ2) is 11.5. The number of aryl methyl sites for hydroxylation is 1. The Bertz CT molecular complexity index is 1390. The molecule has 4 aromatic rings. The van der Waals surface area contributed by atoms with Crippen LogP contribution in [0.3, 0.4) is 0 Å². The Morgan fingerprint density at radius 3 is 2.65 bits per heavy atom. The van der Waals surface area contributed by atoms with Crippen LogP contribution in [-0.4, -0.2) is 41.5 Å². The summed E-state index contributed by atoms with van der Waals surface area (Å²) in [4.78, 5) is 19.5. The average molecular weight is 565 g/mol. The van der Waals surface area contributed by atoms with E-state index in [9.17, 15) is 4.79 Å². The van der Waals surface area contributed by atoms with Crippen molar-refractivity contribution in [3.05, 3.63) is 87.8 Å². The van der Waals surface area contributed by atoms with Gasteiger partial charge in [0, 0.05) is 52.2 Å². The van der Waals surface area contributed by atoms with Gasteiger partial charge in [-0.3, -0.25) is 9.78 Å². The zero-order valence-electron chi connectivity index (χ0n) is 22.1. The number of amides is 1. The number of rotatable bonds is 9. The van der Waals surface area contributed by atoms with Crippen LogP contribution in [0.1, 0.15) is 48.0 Å². The van der Waals surface area contributed by atoms with Gasteiger partial charge in [0.1, 0.15) is 22.7 Å². The number of aromatic nitrogens is 1. The summed E-state index contributed by atoms with van der Waals surface area (Å²) in [6, 6.07) is 15.0. The Hall–Kier alpha value is -3.16. The van der Waals surface area contributed by atoms with Gasteiger partial charge in [-0.1, -0.05) is 22.0 Å². The zero-order valence-corrected chi connectivity index (χ0v) is 23.7.